The van der Waals surface area contributed by atoms with Crippen LogP contribution < -0.4 is 5.32 Å². The molecule has 26 heavy (non-hydrogen) atoms. The first kappa shape index (κ1) is 16.3. The summed E-state index contributed by atoms with van der Waals surface area (Å²) in [7, 11) is 0. The number of benzene rings is 1. The minimum atomic E-state index is -4.52. The molecule has 3 heterocycles. The van der Waals surface area contributed by atoms with Gasteiger partial charge in [0.25, 0.3) is 0 Å². The van der Waals surface area contributed by atoms with Crippen molar-refractivity contribution in [1.29, 1.82) is 0 Å². The number of anilines is 1. The molecule has 8 heteroatoms. The lowest BCUT2D eigenvalue weighted by molar-refractivity contribution is -0.137. The molecule has 4 rings (SSSR count). The van der Waals surface area contributed by atoms with Gasteiger partial charge in [0, 0.05) is 36.1 Å². The lowest BCUT2D eigenvalue weighted by atomic mass is 10.0. The molecule has 1 aromatic heterocycles. The maximum Gasteiger partial charge on any atom is 0.418 e. The van der Waals surface area contributed by atoms with Crippen LogP contribution in [0.25, 0.3) is 0 Å². The number of fused-ring (bicyclic) bond motifs is 3. The molecule has 0 unspecified atom stereocenters. The van der Waals surface area contributed by atoms with Crippen molar-refractivity contribution in [2.75, 3.05) is 18.4 Å². The number of amidine groups is 1. The minimum Gasteiger partial charge on any atom is -0.340 e. The molecule has 0 bridgehead atoms. The fourth-order valence-electron chi connectivity index (χ4n) is 3.05. The summed E-state index contributed by atoms with van der Waals surface area (Å²) in [6.07, 6.45) is -0.276. The quantitative estimate of drug-likeness (QED) is 0.661. The zero-order chi connectivity index (χ0) is 18.3. The lowest BCUT2D eigenvalue weighted by Gasteiger charge is -2.32. The minimum absolute atomic E-state index is 0.0814. The standard InChI is InChI=1S/C18H13F3N4O/c19-18(20,21)13-5-1-4-12-16(13)24-15(25-8-7-23-17(12)25)9-14(26)11-3-2-6-22-10-11/h1-6,9-10,24H,7-8H2. The normalized spacial score (nSPS) is 17.4. The van der Waals surface area contributed by atoms with E-state index in [2.05, 4.69) is 15.3 Å². The van der Waals surface area contributed by atoms with E-state index in [4.69, 9.17) is 0 Å². The zero-order valence-electron chi connectivity index (χ0n) is 13.4. The average Bonchev–Trinajstić information content (AvgIpc) is 3.11. The Bertz CT molecular complexity index is 935. The van der Waals surface area contributed by atoms with Gasteiger partial charge in [-0.2, -0.15) is 13.2 Å². The van der Waals surface area contributed by atoms with Crippen LogP contribution in [-0.2, 0) is 6.18 Å². The molecule has 0 fully saturated rings. The maximum absolute atomic E-state index is 13.4. The van der Waals surface area contributed by atoms with Gasteiger partial charge in [0.15, 0.2) is 5.78 Å². The number of rotatable bonds is 2. The van der Waals surface area contributed by atoms with E-state index < -0.39 is 11.7 Å². The van der Waals surface area contributed by atoms with E-state index in [1.54, 1.807) is 29.3 Å². The third-order valence-corrected chi connectivity index (χ3v) is 4.21. The van der Waals surface area contributed by atoms with Crippen LogP contribution in [0.5, 0.6) is 0 Å². The molecule has 0 saturated carbocycles. The van der Waals surface area contributed by atoms with Gasteiger partial charge < -0.3 is 10.2 Å². The summed E-state index contributed by atoms with van der Waals surface area (Å²) in [4.78, 5) is 22.4. The van der Waals surface area contributed by atoms with E-state index in [1.165, 1.54) is 18.3 Å². The number of pyridine rings is 1. The third-order valence-electron chi connectivity index (χ3n) is 4.21. The largest absolute Gasteiger partial charge is 0.418 e. The average molecular weight is 358 g/mol. The molecule has 1 aromatic carbocycles. The summed E-state index contributed by atoms with van der Waals surface area (Å²) in [6, 6.07) is 7.19. The number of carbonyl (C=O) groups is 1. The van der Waals surface area contributed by atoms with Crippen molar-refractivity contribution in [2.45, 2.75) is 6.18 Å². The molecule has 0 radical (unpaired) electrons. The predicted octanol–water partition coefficient (Wildman–Crippen LogP) is 3.31. The Morgan fingerprint density at radius 1 is 1.23 bits per heavy atom. The number of halogens is 3. The third kappa shape index (κ3) is 2.73. The van der Waals surface area contributed by atoms with Crippen molar-refractivity contribution < 1.29 is 18.0 Å². The van der Waals surface area contributed by atoms with E-state index >= 15 is 0 Å². The van der Waals surface area contributed by atoms with Gasteiger partial charge in [0.05, 0.1) is 17.8 Å². The van der Waals surface area contributed by atoms with Gasteiger partial charge in [-0.1, -0.05) is 6.07 Å². The monoisotopic (exact) mass is 358 g/mol. The van der Waals surface area contributed by atoms with Crippen molar-refractivity contribution in [3.05, 3.63) is 71.3 Å². The van der Waals surface area contributed by atoms with E-state index in [0.717, 1.165) is 6.07 Å². The van der Waals surface area contributed by atoms with Crippen LogP contribution in [0.15, 0.2) is 59.6 Å². The number of ketones is 1. The van der Waals surface area contributed by atoms with Crippen LogP contribution in [0.2, 0.25) is 0 Å². The van der Waals surface area contributed by atoms with Crippen molar-refractivity contribution in [3.8, 4) is 0 Å². The number of aromatic nitrogens is 1. The molecule has 2 aliphatic heterocycles. The van der Waals surface area contributed by atoms with E-state index in [0.29, 0.717) is 30.1 Å². The molecule has 0 atom stereocenters. The van der Waals surface area contributed by atoms with Crippen LogP contribution in [0.4, 0.5) is 18.9 Å². The highest BCUT2D eigenvalue weighted by Gasteiger charge is 2.39. The smallest absolute Gasteiger partial charge is 0.340 e. The predicted molar refractivity (Wildman–Crippen MR) is 89.8 cm³/mol. The molecule has 0 saturated heterocycles. The number of nitrogens with zero attached hydrogens (tertiary/aromatic N) is 3. The van der Waals surface area contributed by atoms with Gasteiger partial charge in [0.1, 0.15) is 11.7 Å². The second-order valence-corrected chi connectivity index (χ2v) is 5.84. The summed E-state index contributed by atoms with van der Waals surface area (Å²) < 4.78 is 40.2. The van der Waals surface area contributed by atoms with Gasteiger partial charge in [-0.15, -0.1) is 0 Å². The topological polar surface area (TPSA) is 57.6 Å². The molecule has 0 spiro atoms. The Kier molecular flexibility index (Phi) is 3.75. The number of nitrogens with one attached hydrogen (secondary N) is 1. The summed E-state index contributed by atoms with van der Waals surface area (Å²) in [5, 5.41) is 2.79. The number of alkyl halides is 3. The highest BCUT2D eigenvalue weighted by molar-refractivity contribution is 6.10. The van der Waals surface area contributed by atoms with Gasteiger partial charge in [-0.25, -0.2) is 0 Å². The van der Waals surface area contributed by atoms with E-state index in [1.807, 2.05) is 0 Å². The zero-order valence-corrected chi connectivity index (χ0v) is 13.4. The molecule has 2 aromatic rings. The first-order valence-electron chi connectivity index (χ1n) is 7.91. The first-order valence-corrected chi connectivity index (χ1v) is 7.91. The molecule has 0 aliphatic carbocycles. The summed E-state index contributed by atoms with van der Waals surface area (Å²) in [5.74, 6) is 0.370. The number of aliphatic imine (C=N–C) groups is 1. The molecular weight excluding hydrogens is 345 g/mol. The Hall–Kier alpha value is -3.16. The maximum atomic E-state index is 13.4. The summed E-state index contributed by atoms with van der Waals surface area (Å²) in [5.41, 5.74) is -0.135. The molecule has 2 aliphatic rings. The molecular formula is C18H13F3N4O. The molecule has 132 valence electrons. The van der Waals surface area contributed by atoms with Crippen molar-refractivity contribution >= 4 is 17.3 Å². The van der Waals surface area contributed by atoms with Crippen LogP contribution >= 0.6 is 0 Å². The van der Waals surface area contributed by atoms with E-state index in [-0.39, 0.29) is 17.3 Å². The Morgan fingerprint density at radius 2 is 2.08 bits per heavy atom. The lowest BCUT2D eigenvalue weighted by Crippen LogP contribution is -2.37. The SMILES string of the molecule is O=C(C=C1Nc2c(cccc2C(F)(F)F)C2=NCCN12)c1cccnc1. The van der Waals surface area contributed by atoms with Crippen LogP contribution in [0, 0.1) is 0 Å². The van der Waals surface area contributed by atoms with Gasteiger partial charge in [0.2, 0.25) is 0 Å². The van der Waals surface area contributed by atoms with Crippen molar-refractivity contribution in [3.63, 3.8) is 0 Å². The van der Waals surface area contributed by atoms with Crippen molar-refractivity contribution in [2.24, 2.45) is 4.99 Å². The fraction of sp³-hybridized carbons (Fsp3) is 0.167. The van der Waals surface area contributed by atoms with Crippen molar-refractivity contribution in [1.82, 2.24) is 9.88 Å². The highest BCUT2D eigenvalue weighted by Crippen LogP contribution is 2.40. The van der Waals surface area contributed by atoms with Crippen LogP contribution in [0.1, 0.15) is 21.5 Å². The second-order valence-electron chi connectivity index (χ2n) is 5.84. The number of allylic oxidation sites excluding steroid dienone is 1. The number of para-hydroxylation sites is 1. The Balaban J connectivity index is 1.80. The highest BCUT2D eigenvalue weighted by atomic mass is 19.4. The number of hydrogen-bond acceptors (Lipinski definition) is 5. The number of hydrogen-bond donors (Lipinski definition) is 1. The van der Waals surface area contributed by atoms with Crippen LogP contribution in [-0.4, -0.2) is 34.6 Å². The van der Waals surface area contributed by atoms with Gasteiger partial charge in [-0.05, 0) is 24.3 Å². The Morgan fingerprint density at radius 3 is 2.81 bits per heavy atom. The Labute approximate surface area is 146 Å². The fourth-order valence-corrected chi connectivity index (χ4v) is 3.05. The summed E-state index contributed by atoms with van der Waals surface area (Å²) >= 11 is 0. The number of carbonyl (C=O) groups excluding carboxylic acids is 1. The summed E-state index contributed by atoms with van der Waals surface area (Å²) in [6.45, 7) is 0.940. The molecule has 5 nitrogen and oxygen atoms in total. The first-order chi connectivity index (χ1) is 12.4. The van der Waals surface area contributed by atoms with Crippen LogP contribution in [0.3, 0.4) is 0 Å². The second kappa shape index (κ2) is 5.98. The molecule has 1 N–H and O–H groups in total. The van der Waals surface area contributed by atoms with Gasteiger partial charge in [-0.3, -0.25) is 14.8 Å². The molecule has 0 amide bonds. The van der Waals surface area contributed by atoms with E-state index in [9.17, 15) is 18.0 Å². The van der Waals surface area contributed by atoms with Gasteiger partial charge >= 0.3 is 6.18 Å².